The van der Waals surface area contributed by atoms with Gasteiger partial charge in [0.1, 0.15) is 0 Å². The Balaban J connectivity index is 1.45. The predicted molar refractivity (Wildman–Crippen MR) is 111 cm³/mol. The number of urea groups is 1. The van der Waals surface area contributed by atoms with Gasteiger partial charge in [0.25, 0.3) is 0 Å². The lowest BCUT2D eigenvalue weighted by Gasteiger charge is -2.36. The van der Waals surface area contributed by atoms with Crippen LogP contribution in [0.1, 0.15) is 19.3 Å². The zero-order valence-corrected chi connectivity index (χ0v) is 17.2. The number of carbonyl (C=O) groups excluding carboxylic acids is 1. The van der Waals surface area contributed by atoms with Crippen LogP contribution in [0.5, 0.6) is 0 Å². The number of likely N-dealkylation sites (tertiary alicyclic amines) is 1. The minimum Gasteiger partial charge on any atom is -0.323 e. The van der Waals surface area contributed by atoms with Crippen LogP contribution in [-0.2, 0) is 10.0 Å². The van der Waals surface area contributed by atoms with Gasteiger partial charge in [-0.3, -0.25) is 0 Å². The molecule has 2 aromatic rings. The molecule has 6 nitrogen and oxygen atoms in total. The second-order valence-corrected chi connectivity index (χ2v) is 9.70. The molecular weight excluding hydrogens is 412 g/mol. The summed E-state index contributed by atoms with van der Waals surface area (Å²) in [5.41, 5.74) is 1.67. The van der Waals surface area contributed by atoms with Crippen LogP contribution < -0.4 is 5.32 Å². The Morgan fingerprint density at radius 3 is 2.53 bits per heavy atom. The van der Waals surface area contributed by atoms with Gasteiger partial charge < -0.3 is 10.2 Å². The van der Waals surface area contributed by atoms with E-state index in [0.717, 1.165) is 25.0 Å². The van der Waals surface area contributed by atoms with Crippen LogP contribution in [0.3, 0.4) is 0 Å². The SMILES string of the molecule is O=C(Nc1cccc(-c2ccc(F)c(F)c2)c1)N1CCCC(N2CCCS2(=O)=O)C1. The summed E-state index contributed by atoms with van der Waals surface area (Å²) in [6, 6.07) is 10.0. The quantitative estimate of drug-likeness (QED) is 0.800. The minimum absolute atomic E-state index is 0.173. The molecule has 0 spiro atoms. The molecule has 0 aliphatic carbocycles. The van der Waals surface area contributed by atoms with E-state index in [2.05, 4.69) is 5.32 Å². The van der Waals surface area contributed by atoms with Gasteiger partial charge in [0, 0.05) is 31.4 Å². The molecule has 0 bridgehead atoms. The zero-order valence-electron chi connectivity index (χ0n) is 16.4. The highest BCUT2D eigenvalue weighted by Gasteiger charge is 2.37. The molecule has 0 saturated carbocycles. The predicted octanol–water partition coefficient (Wildman–Crippen LogP) is 3.66. The number of halogens is 2. The zero-order chi connectivity index (χ0) is 21.3. The third-order valence-corrected chi connectivity index (χ3v) is 7.60. The van der Waals surface area contributed by atoms with Gasteiger partial charge in [-0.15, -0.1) is 0 Å². The molecule has 2 saturated heterocycles. The Kier molecular flexibility index (Phi) is 5.75. The normalized spacial score (nSPS) is 21.5. The first-order chi connectivity index (χ1) is 14.3. The summed E-state index contributed by atoms with van der Waals surface area (Å²) in [6.07, 6.45) is 2.11. The summed E-state index contributed by atoms with van der Waals surface area (Å²) >= 11 is 0. The maximum atomic E-state index is 13.5. The molecule has 2 heterocycles. The number of amides is 2. The van der Waals surface area contributed by atoms with Gasteiger partial charge in [-0.1, -0.05) is 18.2 Å². The first kappa shape index (κ1) is 20.7. The topological polar surface area (TPSA) is 69.7 Å². The van der Waals surface area contributed by atoms with Crippen molar-refractivity contribution in [2.45, 2.75) is 25.3 Å². The van der Waals surface area contributed by atoms with E-state index >= 15 is 0 Å². The summed E-state index contributed by atoms with van der Waals surface area (Å²) in [4.78, 5) is 14.4. The maximum Gasteiger partial charge on any atom is 0.321 e. The Labute approximate surface area is 174 Å². The fourth-order valence-electron chi connectivity index (χ4n) is 4.10. The van der Waals surface area contributed by atoms with E-state index < -0.39 is 21.7 Å². The van der Waals surface area contributed by atoms with Crippen LogP contribution in [0.15, 0.2) is 42.5 Å². The molecule has 2 aliphatic heterocycles. The van der Waals surface area contributed by atoms with E-state index in [1.165, 1.54) is 10.4 Å². The molecule has 30 heavy (non-hydrogen) atoms. The van der Waals surface area contributed by atoms with Gasteiger partial charge in [-0.05, 0) is 54.7 Å². The van der Waals surface area contributed by atoms with Crippen LogP contribution in [0.4, 0.5) is 19.3 Å². The highest BCUT2D eigenvalue weighted by molar-refractivity contribution is 7.89. The van der Waals surface area contributed by atoms with E-state index in [1.54, 1.807) is 29.2 Å². The average molecular weight is 435 g/mol. The molecule has 1 atom stereocenters. The Hall–Kier alpha value is -2.52. The lowest BCUT2D eigenvalue weighted by atomic mass is 10.0. The highest BCUT2D eigenvalue weighted by Crippen LogP contribution is 2.26. The van der Waals surface area contributed by atoms with E-state index in [-0.39, 0.29) is 17.8 Å². The van der Waals surface area contributed by atoms with Gasteiger partial charge in [0.15, 0.2) is 11.6 Å². The maximum absolute atomic E-state index is 13.5. The number of rotatable bonds is 3. The number of nitrogens with zero attached hydrogens (tertiary/aromatic N) is 2. The standard InChI is InChI=1S/C21H23F2N3O3S/c22-19-8-7-16(13-20(19)23)15-4-1-5-17(12-15)24-21(27)25-9-2-6-18(14-25)26-10-3-11-30(26,28)29/h1,4-5,7-8,12-13,18H,2-3,6,9-11,14H2,(H,24,27). The number of nitrogens with one attached hydrogen (secondary N) is 1. The van der Waals surface area contributed by atoms with Crippen molar-refractivity contribution in [2.24, 2.45) is 0 Å². The molecule has 160 valence electrons. The van der Waals surface area contributed by atoms with Gasteiger partial charge in [-0.25, -0.2) is 22.0 Å². The first-order valence-electron chi connectivity index (χ1n) is 9.94. The van der Waals surface area contributed by atoms with E-state index in [9.17, 15) is 22.0 Å². The summed E-state index contributed by atoms with van der Waals surface area (Å²) in [6.45, 7) is 1.42. The lowest BCUT2D eigenvalue weighted by molar-refractivity contribution is 0.163. The fourth-order valence-corrected chi connectivity index (χ4v) is 5.86. The van der Waals surface area contributed by atoms with E-state index in [0.29, 0.717) is 42.9 Å². The monoisotopic (exact) mass is 435 g/mol. The van der Waals surface area contributed by atoms with E-state index in [4.69, 9.17) is 0 Å². The van der Waals surface area contributed by atoms with Crippen molar-refractivity contribution in [3.63, 3.8) is 0 Å². The number of sulfonamides is 1. The van der Waals surface area contributed by atoms with Crippen molar-refractivity contribution in [1.82, 2.24) is 9.21 Å². The number of carbonyl (C=O) groups is 1. The van der Waals surface area contributed by atoms with Crippen LogP contribution in [0, 0.1) is 11.6 Å². The molecule has 2 aliphatic rings. The Bertz CT molecular complexity index is 1060. The minimum atomic E-state index is -3.22. The number of hydrogen-bond acceptors (Lipinski definition) is 3. The van der Waals surface area contributed by atoms with E-state index in [1.807, 2.05) is 0 Å². The van der Waals surface area contributed by atoms with Gasteiger partial charge in [0.2, 0.25) is 10.0 Å². The summed E-state index contributed by atoms with van der Waals surface area (Å²) < 4.78 is 52.7. The fraction of sp³-hybridized carbons (Fsp3) is 0.381. The smallest absolute Gasteiger partial charge is 0.321 e. The highest BCUT2D eigenvalue weighted by atomic mass is 32.2. The molecule has 1 N–H and O–H groups in total. The molecule has 9 heteroatoms. The van der Waals surface area contributed by atoms with Gasteiger partial charge >= 0.3 is 6.03 Å². The van der Waals surface area contributed by atoms with Gasteiger partial charge in [-0.2, -0.15) is 4.31 Å². The Morgan fingerprint density at radius 2 is 1.80 bits per heavy atom. The van der Waals surface area contributed by atoms with Crippen LogP contribution in [0.2, 0.25) is 0 Å². The van der Waals surface area contributed by atoms with Crippen molar-refractivity contribution >= 4 is 21.7 Å². The summed E-state index contributed by atoms with van der Waals surface area (Å²) in [7, 11) is -3.22. The number of hydrogen-bond donors (Lipinski definition) is 1. The van der Waals surface area contributed by atoms with Crippen molar-refractivity contribution in [1.29, 1.82) is 0 Å². The molecular formula is C21H23F2N3O3S. The van der Waals surface area contributed by atoms with Crippen LogP contribution in [-0.4, -0.2) is 55.1 Å². The van der Waals surface area contributed by atoms with Crippen molar-refractivity contribution in [3.8, 4) is 11.1 Å². The second kappa shape index (κ2) is 8.31. The second-order valence-electron chi connectivity index (χ2n) is 7.66. The third-order valence-electron chi connectivity index (χ3n) is 5.60. The molecule has 4 rings (SSSR count). The van der Waals surface area contributed by atoms with Crippen molar-refractivity contribution in [3.05, 3.63) is 54.1 Å². The van der Waals surface area contributed by atoms with Crippen LogP contribution >= 0.6 is 0 Å². The molecule has 0 aromatic heterocycles. The summed E-state index contributed by atoms with van der Waals surface area (Å²) in [5.74, 6) is -1.67. The molecule has 2 aromatic carbocycles. The van der Waals surface area contributed by atoms with Crippen molar-refractivity contribution in [2.75, 3.05) is 30.7 Å². The summed E-state index contributed by atoms with van der Waals surface area (Å²) in [5, 5.41) is 2.83. The van der Waals surface area contributed by atoms with Crippen molar-refractivity contribution < 1.29 is 22.0 Å². The van der Waals surface area contributed by atoms with Crippen LogP contribution in [0.25, 0.3) is 11.1 Å². The molecule has 2 amide bonds. The first-order valence-corrected chi connectivity index (χ1v) is 11.6. The molecule has 1 unspecified atom stereocenters. The third kappa shape index (κ3) is 4.32. The Morgan fingerprint density at radius 1 is 1.00 bits per heavy atom. The van der Waals surface area contributed by atoms with Gasteiger partial charge in [0.05, 0.1) is 5.75 Å². The number of anilines is 1. The molecule has 2 fully saturated rings. The number of piperidine rings is 1. The average Bonchev–Trinajstić information content (AvgIpc) is 3.09. The largest absolute Gasteiger partial charge is 0.323 e. The number of benzene rings is 2. The lowest BCUT2D eigenvalue weighted by Crippen LogP contribution is -2.51. The molecule has 0 radical (unpaired) electrons.